The van der Waals surface area contributed by atoms with Crippen LogP contribution in [0.15, 0.2) is 42.5 Å². The Morgan fingerprint density at radius 2 is 1.80 bits per heavy atom. The van der Waals surface area contributed by atoms with Gasteiger partial charge in [0.15, 0.2) is 11.6 Å². The molecule has 1 aliphatic heterocycles. The van der Waals surface area contributed by atoms with E-state index >= 15 is 0 Å². The number of halogens is 2. The summed E-state index contributed by atoms with van der Waals surface area (Å²) in [6.45, 7) is 0.682. The fourth-order valence-electron chi connectivity index (χ4n) is 3.21. The molecule has 7 heteroatoms. The van der Waals surface area contributed by atoms with Gasteiger partial charge in [-0.05, 0) is 56.6 Å². The average molecular weight is 366 g/mol. The maximum atomic E-state index is 14.3. The maximum absolute atomic E-state index is 14.3. The molecule has 0 unspecified atom stereocenters. The molecule has 25 heavy (non-hydrogen) atoms. The van der Waals surface area contributed by atoms with Crippen LogP contribution in [0.2, 0.25) is 0 Å². The van der Waals surface area contributed by atoms with E-state index in [1.807, 2.05) is 0 Å². The summed E-state index contributed by atoms with van der Waals surface area (Å²) in [4.78, 5) is 0. The van der Waals surface area contributed by atoms with Crippen LogP contribution in [0.25, 0.3) is 0 Å². The van der Waals surface area contributed by atoms with Crippen molar-refractivity contribution in [1.29, 1.82) is 0 Å². The molecule has 0 bridgehead atoms. The molecule has 1 aliphatic rings. The standard InChI is InChI=1S/C18H20F2N2O2S/c1-21-11-5-7-14-12-13-6-2-3-10-17(13)22(25(14,23)24)18-15(19)8-4-9-16(18)20/h2-4,6,8-10,14,21H,5,7,11-12H2,1H3/t14-/m0/s1. The summed E-state index contributed by atoms with van der Waals surface area (Å²) in [6.07, 6.45) is 1.43. The summed E-state index contributed by atoms with van der Waals surface area (Å²) in [6, 6.07) is 10.2. The second-order valence-corrected chi connectivity index (χ2v) is 8.14. The highest BCUT2D eigenvalue weighted by molar-refractivity contribution is 7.93. The van der Waals surface area contributed by atoms with Crippen molar-refractivity contribution in [2.45, 2.75) is 24.5 Å². The van der Waals surface area contributed by atoms with Gasteiger partial charge in [0.05, 0.1) is 10.9 Å². The second-order valence-electron chi connectivity index (χ2n) is 6.08. The minimum atomic E-state index is -3.93. The number of hydrogen-bond donors (Lipinski definition) is 1. The third-order valence-electron chi connectivity index (χ3n) is 4.43. The molecule has 134 valence electrons. The molecule has 1 heterocycles. The van der Waals surface area contributed by atoms with Crippen molar-refractivity contribution in [3.8, 4) is 0 Å². The molecule has 0 aromatic heterocycles. The number of nitrogens with zero attached hydrogens (tertiary/aromatic N) is 1. The Morgan fingerprint density at radius 3 is 2.48 bits per heavy atom. The molecular formula is C18H20F2N2O2S. The van der Waals surface area contributed by atoms with Gasteiger partial charge in [-0.2, -0.15) is 0 Å². The fraction of sp³-hybridized carbons (Fsp3) is 0.333. The number of fused-ring (bicyclic) bond motifs is 1. The quantitative estimate of drug-likeness (QED) is 0.826. The molecule has 0 saturated heterocycles. The van der Waals surface area contributed by atoms with Crippen molar-refractivity contribution < 1.29 is 17.2 Å². The van der Waals surface area contributed by atoms with Gasteiger partial charge >= 0.3 is 0 Å². The first-order chi connectivity index (χ1) is 12.0. The number of para-hydroxylation sites is 2. The largest absolute Gasteiger partial charge is 0.320 e. The lowest BCUT2D eigenvalue weighted by molar-refractivity contribution is 0.547. The Hall–Kier alpha value is -1.99. The highest BCUT2D eigenvalue weighted by atomic mass is 32.2. The maximum Gasteiger partial charge on any atom is 0.242 e. The lowest BCUT2D eigenvalue weighted by atomic mass is 10.0. The van der Waals surface area contributed by atoms with E-state index in [2.05, 4.69) is 5.32 Å². The molecule has 0 fully saturated rings. The summed E-state index contributed by atoms with van der Waals surface area (Å²) in [5, 5.41) is 2.27. The molecule has 0 radical (unpaired) electrons. The highest BCUT2D eigenvalue weighted by Crippen LogP contribution is 2.41. The third-order valence-corrected chi connectivity index (χ3v) is 6.56. The highest BCUT2D eigenvalue weighted by Gasteiger charge is 2.41. The topological polar surface area (TPSA) is 49.4 Å². The van der Waals surface area contributed by atoms with Crippen molar-refractivity contribution in [2.75, 3.05) is 17.9 Å². The van der Waals surface area contributed by atoms with Crippen molar-refractivity contribution in [3.05, 3.63) is 59.7 Å². The van der Waals surface area contributed by atoms with Crippen LogP contribution in [-0.4, -0.2) is 27.3 Å². The number of nitrogens with one attached hydrogen (secondary N) is 1. The Balaban J connectivity index is 2.14. The van der Waals surface area contributed by atoms with Gasteiger partial charge < -0.3 is 5.32 Å². The normalized spacial score (nSPS) is 18.8. The summed E-state index contributed by atoms with van der Waals surface area (Å²) < 4.78 is 55.8. The van der Waals surface area contributed by atoms with Crippen LogP contribution in [-0.2, 0) is 16.4 Å². The first-order valence-electron chi connectivity index (χ1n) is 8.17. The minimum absolute atomic E-state index is 0.316. The van der Waals surface area contributed by atoms with Gasteiger partial charge in [0.2, 0.25) is 10.0 Å². The van der Waals surface area contributed by atoms with Crippen LogP contribution >= 0.6 is 0 Å². The van der Waals surface area contributed by atoms with Crippen molar-refractivity contribution in [2.24, 2.45) is 0 Å². The average Bonchev–Trinajstić information content (AvgIpc) is 2.57. The summed E-state index contributed by atoms with van der Waals surface area (Å²) in [5.41, 5.74) is 0.555. The van der Waals surface area contributed by atoms with E-state index in [4.69, 9.17) is 0 Å². The molecule has 2 aromatic carbocycles. The zero-order chi connectivity index (χ0) is 18.0. The number of anilines is 2. The van der Waals surface area contributed by atoms with Crippen LogP contribution in [0.4, 0.5) is 20.2 Å². The van der Waals surface area contributed by atoms with E-state index in [1.54, 1.807) is 31.3 Å². The molecule has 3 rings (SSSR count). The summed E-state index contributed by atoms with van der Waals surface area (Å²) >= 11 is 0. The van der Waals surface area contributed by atoms with Crippen molar-refractivity contribution >= 4 is 21.4 Å². The number of sulfonamides is 1. The summed E-state index contributed by atoms with van der Waals surface area (Å²) in [5.74, 6) is -1.79. The molecule has 0 saturated carbocycles. The third kappa shape index (κ3) is 3.26. The second kappa shape index (κ2) is 7.09. The Labute approximate surface area is 146 Å². The minimum Gasteiger partial charge on any atom is -0.320 e. The van der Waals surface area contributed by atoms with Gasteiger partial charge in [0.1, 0.15) is 5.69 Å². The zero-order valence-corrected chi connectivity index (χ0v) is 14.7. The first kappa shape index (κ1) is 17.8. The van der Waals surface area contributed by atoms with Gasteiger partial charge in [-0.25, -0.2) is 21.5 Å². The molecular weight excluding hydrogens is 346 g/mol. The molecule has 0 aliphatic carbocycles. The number of rotatable bonds is 5. The molecule has 2 aromatic rings. The van der Waals surface area contributed by atoms with Gasteiger partial charge in [-0.3, -0.25) is 0 Å². The summed E-state index contributed by atoms with van der Waals surface area (Å²) in [7, 11) is -2.13. The Kier molecular flexibility index (Phi) is 5.06. The van der Waals surface area contributed by atoms with E-state index in [9.17, 15) is 17.2 Å². The number of benzene rings is 2. The lowest BCUT2D eigenvalue weighted by Crippen LogP contribution is -2.42. The smallest absolute Gasteiger partial charge is 0.242 e. The zero-order valence-electron chi connectivity index (χ0n) is 13.9. The van der Waals surface area contributed by atoms with Gasteiger partial charge in [-0.15, -0.1) is 0 Å². The molecule has 1 atom stereocenters. The fourth-order valence-corrected chi connectivity index (χ4v) is 5.24. The molecule has 0 amide bonds. The monoisotopic (exact) mass is 366 g/mol. The van der Waals surface area contributed by atoms with E-state index in [0.29, 0.717) is 31.5 Å². The molecule has 4 nitrogen and oxygen atoms in total. The Bertz CT molecular complexity index is 851. The Morgan fingerprint density at radius 1 is 1.12 bits per heavy atom. The van der Waals surface area contributed by atoms with Crippen LogP contribution in [0.5, 0.6) is 0 Å². The predicted octanol–water partition coefficient (Wildman–Crippen LogP) is 3.36. The molecule has 0 spiro atoms. The van der Waals surface area contributed by atoms with E-state index in [1.165, 1.54) is 6.07 Å². The SMILES string of the molecule is CNCCC[C@H]1Cc2ccccc2N(c2c(F)cccc2F)S1(=O)=O. The van der Waals surface area contributed by atoms with Gasteiger partial charge in [0, 0.05) is 0 Å². The molecule has 1 N–H and O–H groups in total. The van der Waals surface area contributed by atoms with Gasteiger partial charge in [0.25, 0.3) is 0 Å². The van der Waals surface area contributed by atoms with Gasteiger partial charge in [-0.1, -0.05) is 24.3 Å². The van der Waals surface area contributed by atoms with Crippen LogP contribution < -0.4 is 9.62 Å². The van der Waals surface area contributed by atoms with E-state index in [-0.39, 0.29) is 0 Å². The first-order valence-corrected chi connectivity index (χ1v) is 9.67. The number of hydrogen-bond acceptors (Lipinski definition) is 3. The predicted molar refractivity (Wildman–Crippen MR) is 94.5 cm³/mol. The van der Waals surface area contributed by atoms with Crippen LogP contribution in [0.3, 0.4) is 0 Å². The van der Waals surface area contributed by atoms with Crippen LogP contribution in [0.1, 0.15) is 18.4 Å². The lowest BCUT2D eigenvalue weighted by Gasteiger charge is -2.35. The van der Waals surface area contributed by atoms with E-state index in [0.717, 1.165) is 22.0 Å². The van der Waals surface area contributed by atoms with Crippen molar-refractivity contribution in [1.82, 2.24) is 5.32 Å². The van der Waals surface area contributed by atoms with Crippen LogP contribution in [0, 0.1) is 11.6 Å². The van der Waals surface area contributed by atoms with E-state index < -0.39 is 32.6 Å². The van der Waals surface area contributed by atoms with Crippen molar-refractivity contribution in [3.63, 3.8) is 0 Å².